The maximum atomic E-state index is 12.3. The Kier molecular flexibility index (Phi) is 4.31. The Balaban J connectivity index is 2.44. The number of rotatable bonds is 3. The number of nitrogen functional groups attached to an aromatic ring is 1. The lowest BCUT2D eigenvalue weighted by Crippen LogP contribution is -2.46. The van der Waals surface area contributed by atoms with Gasteiger partial charge < -0.3 is 15.5 Å². The number of aromatic nitrogens is 2. The SMILES string of the molecule is Cc1ccc(-c2cc(N)c(=O)n(C(C)C(=O)NC(C)(C)C)n2)o1. The van der Waals surface area contributed by atoms with E-state index < -0.39 is 17.1 Å². The Morgan fingerprint density at radius 2 is 2.04 bits per heavy atom. The van der Waals surface area contributed by atoms with Crippen LogP contribution in [0.25, 0.3) is 11.5 Å². The van der Waals surface area contributed by atoms with Crippen LogP contribution in [0.3, 0.4) is 0 Å². The zero-order chi connectivity index (χ0) is 17.4. The van der Waals surface area contributed by atoms with Crippen LogP contribution in [0.15, 0.2) is 27.4 Å². The highest BCUT2D eigenvalue weighted by molar-refractivity contribution is 5.80. The molecule has 23 heavy (non-hydrogen) atoms. The molecule has 1 atom stereocenters. The Morgan fingerprint density at radius 1 is 1.39 bits per heavy atom. The van der Waals surface area contributed by atoms with Gasteiger partial charge in [-0.15, -0.1) is 0 Å². The largest absolute Gasteiger partial charge is 0.460 e. The highest BCUT2D eigenvalue weighted by Crippen LogP contribution is 2.21. The molecule has 2 rings (SSSR count). The molecule has 0 spiro atoms. The number of nitrogens with two attached hydrogens (primary N) is 1. The van der Waals surface area contributed by atoms with Crippen LogP contribution in [0.1, 0.15) is 39.5 Å². The first-order chi connectivity index (χ1) is 10.6. The summed E-state index contributed by atoms with van der Waals surface area (Å²) in [5.41, 5.74) is 5.29. The molecular formula is C16H22N4O3. The van der Waals surface area contributed by atoms with Crippen molar-refractivity contribution in [2.45, 2.75) is 46.2 Å². The number of aryl methyl sites for hydroxylation is 1. The first kappa shape index (κ1) is 16.8. The molecule has 1 unspecified atom stereocenters. The Hall–Kier alpha value is -2.57. The molecule has 1 amide bonds. The molecule has 0 fully saturated rings. The minimum Gasteiger partial charge on any atom is -0.460 e. The first-order valence-electron chi connectivity index (χ1n) is 7.36. The summed E-state index contributed by atoms with van der Waals surface area (Å²) < 4.78 is 6.59. The fourth-order valence-corrected chi connectivity index (χ4v) is 2.07. The second-order valence-electron chi connectivity index (χ2n) is 6.56. The molecule has 7 heteroatoms. The van der Waals surface area contributed by atoms with Crippen LogP contribution in [-0.4, -0.2) is 21.2 Å². The van der Waals surface area contributed by atoms with Crippen molar-refractivity contribution in [3.8, 4) is 11.5 Å². The summed E-state index contributed by atoms with van der Waals surface area (Å²) >= 11 is 0. The fraction of sp³-hybridized carbons (Fsp3) is 0.438. The normalized spacial score (nSPS) is 12.9. The number of anilines is 1. The van der Waals surface area contributed by atoms with Gasteiger partial charge in [0.15, 0.2) is 5.76 Å². The van der Waals surface area contributed by atoms with Gasteiger partial charge in [-0.3, -0.25) is 9.59 Å². The molecule has 0 aliphatic heterocycles. The number of nitrogens with one attached hydrogen (secondary N) is 1. The standard InChI is InChI=1S/C16H22N4O3/c1-9-6-7-13(23-9)12-8-11(17)15(22)20(19-12)10(2)14(21)18-16(3,4)5/h6-8,10H,17H2,1-5H3,(H,18,21). The van der Waals surface area contributed by atoms with Gasteiger partial charge in [0, 0.05) is 5.54 Å². The van der Waals surface area contributed by atoms with Gasteiger partial charge in [0.25, 0.3) is 5.56 Å². The Labute approximate surface area is 134 Å². The van der Waals surface area contributed by atoms with Crippen LogP contribution >= 0.6 is 0 Å². The predicted molar refractivity (Wildman–Crippen MR) is 88.0 cm³/mol. The smallest absolute Gasteiger partial charge is 0.290 e. The molecule has 2 aromatic rings. The van der Waals surface area contributed by atoms with Crippen molar-refractivity contribution in [2.24, 2.45) is 0 Å². The van der Waals surface area contributed by atoms with Crippen LogP contribution in [0, 0.1) is 6.92 Å². The molecular weight excluding hydrogens is 296 g/mol. The van der Waals surface area contributed by atoms with E-state index in [1.807, 2.05) is 27.7 Å². The molecule has 0 saturated carbocycles. The van der Waals surface area contributed by atoms with E-state index >= 15 is 0 Å². The van der Waals surface area contributed by atoms with Crippen molar-refractivity contribution < 1.29 is 9.21 Å². The second-order valence-corrected chi connectivity index (χ2v) is 6.56. The van der Waals surface area contributed by atoms with Crippen LogP contribution in [0.5, 0.6) is 0 Å². The topological polar surface area (TPSA) is 103 Å². The number of hydrogen-bond donors (Lipinski definition) is 2. The van der Waals surface area contributed by atoms with Gasteiger partial charge in [-0.05, 0) is 52.8 Å². The van der Waals surface area contributed by atoms with Gasteiger partial charge in [0.1, 0.15) is 23.2 Å². The summed E-state index contributed by atoms with van der Waals surface area (Å²) in [4.78, 5) is 24.5. The van der Waals surface area contributed by atoms with Crippen molar-refractivity contribution in [1.82, 2.24) is 15.1 Å². The van der Waals surface area contributed by atoms with E-state index in [0.717, 1.165) is 10.4 Å². The van der Waals surface area contributed by atoms with Crippen LogP contribution < -0.4 is 16.6 Å². The molecule has 0 aromatic carbocycles. The van der Waals surface area contributed by atoms with E-state index in [1.54, 1.807) is 19.1 Å². The molecule has 2 aromatic heterocycles. The quantitative estimate of drug-likeness (QED) is 0.899. The Morgan fingerprint density at radius 3 is 2.57 bits per heavy atom. The number of nitrogens with zero attached hydrogens (tertiary/aromatic N) is 2. The van der Waals surface area contributed by atoms with Crippen molar-refractivity contribution in [3.05, 3.63) is 34.3 Å². The predicted octanol–water partition coefficient (Wildman–Crippen LogP) is 1.87. The van der Waals surface area contributed by atoms with E-state index in [2.05, 4.69) is 10.4 Å². The van der Waals surface area contributed by atoms with Crippen LogP contribution in [0.4, 0.5) is 5.69 Å². The van der Waals surface area contributed by atoms with Crippen molar-refractivity contribution >= 4 is 11.6 Å². The molecule has 124 valence electrons. The van der Waals surface area contributed by atoms with Crippen molar-refractivity contribution in [3.63, 3.8) is 0 Å². The van der Waals surface area contributed by atoms with Gasteiger partial charge in [0.2, 0.25) is 5.91 Å². The lowest BCUT2D eigenvalue weighted by Gasteiger charge is -2.23. The average molecular weight is 318 g/mol. The first-order valence-corrected chi connectivity index (χ1v) is 7.36. The van der Waals surface area contributed by atoms with Crippen molar-refractivity contribution in [1.29, 1.82) is 0 Å². The molecule has 0 saturated heterocycles. The zero-order valence-corrected chi connectivity index (χ0v) is 14.0. The van der Waals surface area contributed by atoms with E-state index in [0.29, 0.717) is 11.5 Å². The third-order valence-electron chi connectivity index (χ3n) is 3.20. The maximum absolute atomic E-state index is 12.3. The number of carbonyl (C=O) groups excluding carboxylic acids is 1. The highest BCUT2D eigenvalue weighted by atomic mass is 16.3. The highest BCUT2D eigenvalue weighted by Gasteiger charge is 2.23. The zero-order valence-electron chi connectivity index (χ0n) is 14.0. The molecule has 0 bridgehead atoms. The van der Waals surface area contributed by atoms with Gasteiger partial charge >= 0.3 is 0 Å². The molecule has 0 radical (unpaired) electrons. The summed E-state index contributed by atoms with van der Waals surface area (Å²) in [6.07, 6.45) is 0. The molecule has 0 aliphatic carbocycles. The lowest BCUT2D eigenvalue weighted by atomic mass is 10.1. The van der Waals surface area contributed by atoms with E-state index in [1.165, 1.54) is 6.07 Å². The average Bonchev–Trinajstić information content (AvgIpc) is 2.85. The van der Waals surface area contributed by atoms with Gasteiger partial charge in [0.05, 0.1) is 0 Å². The van der Waals surface area contributed by atoms with Gasteiger partial charge in [-0.25, -0.2) is 4.68 Å². The van der Waals surface area contributed by atoms with E-state index in [9.17, 15) is 9.59 Å². The molecule has 7 nitrogen and oxygen atoms in total. The van der Waals surface area contributed by atoms with Crippen LogP contribution in [-0.2, 0) is 4.79 Å². The molecule has 3 N–H and O–H groups in total. The van der Waals surface area contributed by atoms with Crippen molar-refractivity contribution in [2.75, 3.05) is 5.73 Å². The summed E-state index contributed by atoms with van der Waals surface area (Å²) in [6.45, 7) is 9.01. The summed E-state index contributed by atoms with van der Waals surface area (Å²) in [5, 5.41) is 7.06. The molecule has 2 heterocycles. The third-order valence-corrected chi connectivity index (χ3v) is 3.20. The molecule has 0 aliphatic rings. The number of carbonyl (C=O) groups is 1. The van der Waals surface area contributed by atoms with Gasteiger partial charge in [-0.1, -0.05) is 0 Å². The Bertz CT molecular complexity index is 783. The fourth-order valence-electron chi connectivity index (χ4n) is 2.07. The minimum absolute atomic E-state index is 0.0134. The summed E-state index contributed by atoms with van der Waals surface area (Å²) in [6, 6.07) is 4.19. The lowest BCUT2D eigenvalue weighted by molar-refractivity contribution is -0.125. The van der Waals surface area contributed by atoms with E-state index in [4.69, 9.17) is 10.2 Å². The van der Waals surface area contributed by atoms with E-state index in [-0.39, 0.29) is 11.6 Å². The number of furan rings is 1. The summed E-state index contributed by atoms with van der Waals surface area (Å²) in [5.74, 6) is 0.905. The number of hydrogen-bond acceptors (Lipinski definition) is 5. The van der Waals surface area contributed by atoms with Crippen LogP contribution in [0.2, 0.25) is 0 Å². The number of amides is 1. The maximum Gasteiger partial charge on any atom is 0.290 e. The third kappa shape index (κ3) is 3.80. The second kappa shape index (κ2) is 5.91. The van der Waals surface area contributed by atoms with Gasteiger partial charge in [-0.2, -0.15) is 5.10 Å². The summed E-state index contributed by atoms with van der Waals surface area (Å²) in [7, 11) is 0. The minimum atomic E-state index is -0.792. The monoisotopic (exact) mass is 318 g/mol.